The summed E-state index contributed by atoms with van der Waals surface area (Å²) in [4.78, 5) is 0. The Morgan fingerprint density at radius 2 is 1.34 bits per heavy atom. The normalized spacial score (nSPS) is 19.1. The highest BCUT2D eigenvalue weighted by Gasteiger charge is 2.52. The van der Waals surface area contributed by atoms with Crippen LogP contribution in [0.15, 0.2) is 48.5 Å². The summed E-state index contributed by atoms with van der Waals surface area (Å²) in [7, 11) is -0.349. The van der Waals surface area contributed by atoms with Crippen molar-refractivity contribution in [2.45, 2.75) is 65.1 Å². The molecule has 1 saturated heterocycles. The van der Waals surface area contributed by atoms with Gasteiger partial charge in [-0.3, -0.25) is 0 Å². The molecule has 1 aliphatic heterocycles. The average molecular weight is 384 g/mol. The molecule has 148 valence electrons. The Labute approximate surface area is 174 Å². The fraction of sp³-hybridized carbons (Fsp3) is 0.385. The SMILES string of the molecule is CC(C)(C)c1ccc2c(c1)-c1cccc3c(B4OC(C)(C)C(C)(C)O4)ccc-2c13. The zero-order chi connectivity index (χ0) is 20.8. The van der Waals surface area contributed by atoms with Crippen LogP contribution in [0, 0.1) is 0 Å². The predicted octanol–water partition coefficient (Wildman–Crippen LogP) is 6.08. The average Bonchev–Trinajstić information content (AvgIpc) is 3.06. The fourth-order valence-electron chi connectivity index (χ4n) is 4.52. The van der Waals surface area contributed by atoms with Gasteiger partial charge in [-0.1, -0.05) is 63.2 Å². The molecule has 3 aromatic rings. The van der Waals surface area contributed by atoms with Gasteiger partial charge in [-0.2, -0.15) is 0 Å². The van der Waals surface area contributed by atoms with E-state index < -0.39 is 0 Å². The van der Waals surface area contributed by atoms with Crippen molar-refractivity contribution in [2.75, 3.05) is 0 Å². The Hall–Kier alpha value is -2.10. The van der Waals surface area contributed by atoms with Gasteiger partial charge in [0.15, 0.2) is 0 Å². The Kier molecular flexibility index (Phi) is 3.74. The molecule has 0 radical (unpaired) electrons. The molecule has 1 heterocycles. The second kappa shape index (κ2) is 5.74. The van der Waals surface area contributed by atoms with Crippen LogP contribution in [0.5, 0.6) is 0 Å². The van der Waals surface area contributed by atoms with Crippen LogP contribution in [0.25, 0.3) is 33.0 Å². The lowest BCUT2D eigenvalue weighted by Crippen LogP contribution is -2.41. The van der Waals surface area contributed by atoms with Crippen LogP contribution in [-0.4, -0.2) is 18.3 Å². The summed E-state index contributed by atoms with van der Waals surface area (Å²) in [5.41, 5.74) is 7.22. The van der Waals surface area contributed by atoms with E-state index in [1.807, 2.05) is 0 Å². The van der Waals surface area contributed by atoms with Gasteiger partial charge < -0.3 is 9.31 Å². The van der Waals surface area contributed by atoms with Gasteiger partial charge >= 0.3 is 7.12 Å². The van der Waals surface area contributed by atoms with Crippen molar-refractivity contribution >= 4 is 23.4 Å². The standard InChI is InChI=1S/C26H29BO2/c1-24(2,3)16-11-12-17-19-13-14-22(27-28-25(4,5)26(6,7)29-27)20-10-8-9-18(23(19)20)21(17)15-16/h8-15H,1-7H3. The molecule has 29 heavy (non-hydrogen) atoms. The number of hydrogen-bond acceptors (Lipinski definition) is 2. The molecule has 3 heteroatoms. The zero-order valence-electron chi connectivity index (χ0n) is 18.5. The number of hydrogen-bond donors (Lipinski definition) is 0. The third-order valence-corrected chi connectivity index (χ3v) is 7.05. The molecule has 2 aliphatic rings. The van der Waals surface area contributed by atoms with Crippen molar-refractivity contribution in [3.63, 3.8) is 0 Å². The molecule has 1 aliphatic carbocycles. The second-order valence-electron chi connectivity index (χ2n) is 10.5. The van der Waals surface area contributed by atoms with E-state index in [-0.39, 0.29) is 23.7 Å². The summed E-state index contributed by atoms with van der Waals surface area (Å²) in [6, 6.07) is 18.0. The van der Waals surface area contributed by atoms with Crippen LogP contribution in [-0.2, 0) is 14.7 Å². The zero-order valence-corrected chi connectivity index (χ0v) is 18.5. The summed E-state index contributed by atoms with van der Waals surface area (Å²) < 4.78 is 12.8. The molecule has 1 fully saturated rings. The lowest BCUT2D eigenvalue weighted by molar-refractivity contribution is 0.00578. The third kappa shape index (κ3) is 2.64. The van der Waals surface area contributed by atoms with E-state index in [9.17, 15) is 0 Å². The molecule has 0 bridgehead atoms. The van der Waals surface area contributed by atoms with Crippen molar-refractivity contribution in [2.24, 2.45) is 0 Å². The number of rotatable bonds is 1. The molecular formula is C26H29BO2. The molecule has 0 atom stereocenters. The minimum Gasteiger partial charge on any atom is -0.399 e. The lowest BCUT2D eigenvalue weighted by Gasteiger charge is -2.32. The minimum atomic E-state index is -0.349. The Balaban J connectivity index is 1.70. The van der Waals surface area contributed by atoms with Crippen LogP contribution in [0.2, 0.25) is 0 Å². The quantitative estimate of drug-likeness (QED) is 0.370. The molecule has 0 amide bonds. The Morgan fingerprint density at radius 1 is 0.724 bits per heavy atom. The molecule has 0 aromatic heterocycles. The van der Waals surface area contributed by atoms with Gasteiger partial charge in [-0.05, 0) is 83.2 Å². The summed E-state index contributed by atoms with van der Waals surface area (Å²) in [6.07, 6.45) is 0. The largest absolute Gasteiger partial charge is 0.495 e. The van der Waals surface area contributed by atoms with E-state index in [0.717, 1.165) is 5.46 Å². The molecule has 2 nitrogen and oxygen atoms in total. The van der Waals surface area contributed by atoms with Gasteiger partial charge in [-0.15, -0.1) is 0 Å². The smallest absolute Gasteiger partial charge is 0.399 e. The van der Waals surface area contributed by atoms with E-state index in [1.54, 1.807) is 0 Å². The van der Waals surface area contributed by atoms with Crippen molar-refractivity contribution < 1.29 is 9.31 Å². The second-order valence-corrected chi connectivity index (χ2v) is 10.5. The summed E-state index contributed by atoms with van der Waals surface area (Å²) in [5.74, 6) is 0. The Morgan fingerprint density at radius 3 is 2.00 bits per heavy atom. The highest BCUT2D eigenvalue weighted by Crippen LogP contribution is 2.48. The van der Waals surface area contributed by atoms with Gasteiger partial charge in [0.05, 0.1) is 11.2 Å². The number of fused-ring (bicyclic) bond motifs is 3. The van der Waals surface area contributed by atoms with E-state index in [4.69, 9.17) is 9.31 Å². The van der Waals surface area contributed by atoms with Crippen molar-refractivity contribution in [1.82, 2.24) is 0 Å². The van der Waals surface area contributed by atoms with Gasteiger partial charge in [0.2, 0.25) is 0 Å². The Bertz CT molecular complexity index is 1140. The first-order valence-corrected chi connectivity index (χ1v) is 10.6. The van der Waals surface area contributed by atoms with Crippen LogP contribution >= 0.6 is 0 Å². The summed E-state index contributed by atoms with van der Waals surface area (Å²) in [6.45, 7) is 15.2. The topological polar surface area (TPSA) is 18.5 Å². The molecule has 0 saturated carbocycles. The minimum absolute atomic E-state index is 0.131. The molecule has 0 N–H and O–H groups in total. The fourth-order valence-corrected chi connectivity index (χ4v) is 4.52. The monoisotopic (exact) mass is 384 g/mol. The van der Waals surface area contributed by atoms with Crippen LogP contribution < -0.4 is 5.46 Å². The summed E-state index contributed by atoms with van der Waals surface area (Å²) in [5, 5.41) is 2.55. The highest BCUT2D eigenvalue weighted by atomic mass is 16.7. The first-order chi connectivity index (χ1) is 13.5. The summed E-state index contributed by atoms with van der Waals surface area (Å²) >= 11 is 0. The highest BCUT2D eigenvalue weighted by molar-refractivity contribution is 6.65. The van der Waals surface area contributed by atoms with Crippen molar-refractivity contribution in [3.05, 3.63) is 54.1 Å². The van der Waals surface area contributed by atoms with E-state index in [0.29, 0.717) is 0 Å². The van der Waals surface area contributed by atoms with Gasteiger partial charge in [0.25, 0.3) is 0 Å². The molecule has 0 unspecified atom stereocenters. The maximum atomic E-state index is 6.38. The lowest BCUT2D eigenvalue weighted by atomic mass is 9.75. The first kappa shape index (κ1) is 18.9. The maximum Gasteiger partial charge on any atom is 0.495 e. The van der Waals surface area contributed by atoms with Crippen LogP contribution in [0.3, 0.4) is 0 Å². The predicted molar refractivity (Wildman–Crippen MR) is 123 cm³/mol. The van der Waals surface area contributed by atoms with E-state index in [1.165, 1.54) is 38.6 Å². The third-order valence-electron chi connectivity index (χ3n) is 7.05. The molecule has 3 aromatic carbocycles. The van der Waals surface area contributed by atoms with E-state index >= 15 is 0 Å². The molecule has 5 rings (SSSR count). The van der Waals surface area contributed by atoms with Gasteiger partial charge in [-0.25, -0.2) is 0 Å². The van der Waals surface area contributed by atoms with Crippen LogP contribution in [0.1, 0.15) is 54.0 Å². The molecule has 0 spiro atoms. The number of benzene rings is 3. The molecular weight excluding hydrogens is 355 g/mol. The van der Waals surface area contributed by atoms with Crippen molar-refractivity contribution in [3.8, 4) is 22.3 Å². The first-order valence-electron chi connectivity index (χ1n) is 10.6. The van der Waals surface area contributed by atoms with Crippen molar-refractivity contribution in [1.29, 1.82) is 0 Å². The van der Waals surface area contributed by atoms with Crippen LogP contribution in [0.4, 0.5) is 0 Å². The van der Waals surface area contributed by atoms with E-state index in [2.05, 4.69) is 97.0 Å². The maximum absolute atomic E-state index is 6.38. The van der Waals surface area contributed by atoms with Gasteiger partial charge in [0.1, 0.15) is 0 Å². The van der Waals surface area contributed by atoms with Gasteiger partial charge in [0, 0.05) is 0 Å².